The molecule has 3 aromatic carbocycles. The summed E-state index contributed by atoms with van der Waals surface area (Å²) in [6.45, 7) is 0. The molecule has 0 saturated carbocycles. The lowest BCUT2D eigenvalue weighted by Crippen LogP contribution is -2.14. The standard InChI is InChI=1S/C21H13Cl2FN2O3S/c22-15-3-1-4-16(11-15)30(28,29)26-19-9-13(7-8-14(19)12-25-26)10-20(27)21-17(23)5-2-6-18(21)24/h1-9,11-12H,10H2. The molecule has 0 radical (unpaired) electrons. The van der Waals surface area contributed by atoms with Gasteiger partial charge in [0.15, 0.2) is 5.78 Å². The van der Waals surface area contributed by atoms with E-state index in [1.165, 1.54) is 42.6 Å². The number of aromatic nitrogens is 2. The Morgan fingerprint density at radius 3 is 2.53 bits per heavy atom. The maximum atomic E-state index is 14.0. The highest BCUT2D eigenvalue weighted by atomic mass is 35.5. The van der Waals surface area contributed by atoms with Crippen LogP contribution in [0.1, 0.15) is 15.9 Å². The highest BCUT2D eigenvalue weighted by Gasteiger charge is 2.22. The molecule has 0 aliphatic carbocycles. The molecule has 1 aromatic heterocycles. The van der Waals surface area contributed by atoms with Crippen molar-refractivity contribution in [2.75, 3.05) is 0 Å². The minimum Gasteiger partial charge on any atom is -0.294 e. The fraction of sp³-hybridized carbons (Fsp3) is 0.0476. The smallest absolute Gasteiger partial charge is 0.283 e. The van der Waals surface area contributed by atoms with Crippen LogP contribution in [-0.2, 0) is 16.4 Å². The molecule has 5 nitrogen and oxygen atoms in total. The molecule has 0 aliphatic heterocycles. The molecule has 0 amide bonds. The molecule has 0 spiro atoms. The highest BCUT2D eigenvalue weighted by molar-refractivity contribution is 7.90. The van der Waals surface area contributed by atoms with E-state index in [0.717, 1.165) is 10.2 Å². The molecule has 4 aromatic rings. The van der Waals surface area contributed by atoms with Crippen LogP contribution in [0.2, 0.25) is 10.0 Å². The first-order valence-electron chi connectivity index (χ1n) is 8.72. The second-order valence-electron chi connectivity index (χ2n) is 6.54. The zero-order valence-electron chi connectivity index (χ0n) is 15.2. The lowest BCUT2D eigenvalue weighted by molar-refractivity contribution is 0.0989. The topological polar surface area (TPSA) is 69.0 Å². The van der Waals surface area contributed by atoms with Crippen molar-refractivity contribution < 1.29 is 17.6 Å². The van der Waals surface area contributed by atoms with Gasteiger partial charge in [-0.2, -0.15) is 17.6 Å². The van der Waals surface area contributed by atoms with E-state index < -0.39 is 21.6 Å². The van der Waals surface area contributed by atoms with Gasteiger partial charge in [0.05, 0.1) is 27.2 Å². The fourth-order valence-electron chi connectivity index (χ4n) is 3.11. The van der Waals surface area contributed by atoms with Crippen LogP contribution in [-0.4, -0.2) is 23.4 Å². The first-order chi connectivity index (χ1) is 14.3. The van der Waals surface area contributed by atoms with Crippen LogP contribution < -0.4 is 0 Å². The maximum absolute atomic E-state index is 14.0. The SMILES string of the molecule is O=C(Cc1ccc2cnn(S(=O)(=O)c3cccc(Cl)c3)c2c1)c1c(F)cccc1Cl. The predicted molar refractivity (Wildman–Crippen MR) is 113 cm³/mol. The number of Topliss-reactive ketones (excluding diaryl/α,β-unsaturated/α-hetero) is 1. The van der Waals surface area contributed by atoms with Crippen molar-refractivity contribution in [2.45, 2.75) is 11.3 Å². The second kappa shape index (κ2) is 7.83. The van der Waals surface area contributed by atoms with Crippen LogP contribution >= 0.6 is 23.2 Å². The molecular weight excluding hydrogens is 450 g/mol. The second-order valence-corrected chi connectivity index (χ2v) is 9.15. The molecule has 0 fully saturated rings. The monoisotopic (exact) mass is 462 g/mol. The molecule has 0 unspecified atom stereocenters. The molecule has 0 N–H and O–H groups in total. The molecule has 9 heteroatoms. The van der Waals surface area contributed by atoms with Gasteiger partial charge in [-0.25, -0.2) is 4.39 Å². The first kappa shape index (κ1) is 20.5. The van der Waals surface area contributed by atoms with Gasteiger partial charge in [-0.05, 0) is 42.0 Å². The van der Waals surface area contributed by atoms with E-state index in [4.69, 9.17) is 23.2 Å². The van der Waals surface area contributed by atoms with Crippen LogP contribution in [0.3, 0.4) is 0 Å². The summed E-state index contributed by atoms with van der Waals surface area (Å²) in [6.07, 6.45) is 1.26. The lowest BCUT2D eigenvalue weighted by Gasteiger charge is -2.08. The summed E-state index contributed by atoms with van der Waals surface area (Å²) in [7, 11) is -4.00. The number of nitrogens with zero attached hydrogens (tertiary/aromatic N) is 2. The predicted octanol–water partition coefficient (Wildman–Crippen LogP) is 5.14. The number of carbonyl (C=O) groups excluding carboxylic acids is 1. The van der Waals surface area contributed by atoms with Crippen LogP contribution in [0.15, 0.2) is 71.8 Å². The third-order valence-corrected chi connectivity index (χ3v) is 6.68. The van der Waals surface area contributed by atoms with E-state index in [0.29, 0.717) is 16.5 Å². The van der Waals surface area contributed by atoms with Crippen LogP contribution in [0.25, 0.3) is 10.9 Å². The Hall–Kier alpha value is -2.74. The van der Waals surface area contributed by atoms with Crippen molar-refractivity contribution in [3.8, 4) is 0 Å². The summed E-state index contributed by atoms with van der Waals surface area (Å²) in [6, 6.07) is 14.7. The Balaban J connectivity index is 1.74. The Bertz CT molecular complexity index is 1380. The minimum atomic E-state index is -4.00. The van der Waals surface area contributed by atoms with Gasteiger partial charge < -0.3 is 0 Å². The zero-order valence-corrected chi connectivity index (χ0v) is 17.5. The summed E-state index contributed by atoms with van der Waals surface area (Å²) in [5.74, 6) is -1.22. The maximum Gasteiger partial charge on any atom is 0.283 e. The average Bonchev–Trinajstić information content (AvgIpc) is 3.12. The number of benzene rings is 3. The number of hydrogen-bond acceptors (Lipinski definition) is 4. The number of fused-ring (bicyclic) bond motifs is 1. The largest absolute Gasteiger partial charge is 0.294 e. The number of ketones is 1. The van der Waals surface area contributed by atoms with Crippen LogP contribution in [0, 0.1) is 5.82 Å². The third-order valence-electron chi connectivity index (χ3n) is 4.53. The molecular formula is C21H13Cl2FN2O3S. The summed E-state index contributed by atoms with van der Waals surface area (Å²) in [4.78, 5) is 12.6. The fourth-order valence-corrected chi connectivity index (χ4v) is 4.95. The van der Waals surface area contributed by atoms with E-state index in [2.05, 4.69) is 5.10 Å². The molecule has 152 valence electrons. The number of rotatable bonds is 5. The van der Waals surface area contributed by atoms with Gasteiger partial charge in [0.2, 0.25) is 0 Å². The minimum absolute atomic E-state index is 0.0142. The number of halogens is 3. The quantitative estimate of drug-likeness (QED) is 0.384. The summed E-state index contributed by atoms with van der Waals surface area (Å²) in [5, 5.41) is 4.87. The summed E-state index contributed by atoms with van der Waals surface area (Å²) >= 11 is 11.9. The zero-order chi connectivity index (χ0) is 21.5. The van der Waals surface area contributed by atoms with E-state index in [9.17, 15) is 17.6 Å². The van der Waals surface area contributed by atoms with Crippen molar-refractivity contribution in [2.24, 2.45) is 0 Å². The van der Waals surface area contributed by atoms with Gasteiger partial charge >= 0.3 is 0 Å². The number of hydrogen-bond donors (Lipinski definition) is 0. The molecule has 4 rings (SSSR count). The molecule has 0 aliphatic rings. The molecule has 1 heterocycles. The normalized spacial score (nSPS) is 11.7. The molecule has 30 heavy (non-hydrogen) atoms. The van der Waals surface area contributed by atoms with Gasteiger partial charge in [-0.15, -0.1) is 0 Å². The Morgan fingerprint density at radius 2 is 1.80 bits per heavy atom. The van der Waals surface area contributed by atoms with E-state index in [1.807, 2.05) is 0 Å². The van der Waals surface area contributed by atoms with Crippen LogP contribution in [0.4, 0.5) is 4.39 Å². The highest BCUT2D eigenvalue weighted by Crippen LogP contribution is 2.25. The molecule has 0 atom stereocenters. The van der Waals surface area contributed by atoms with E-state index >= 15 is 0 Å². The summed E-state index contributed by atoms with van der Waals surface area (Å²) in [5.41, 5.74) is 0.592. The first-order valence-corrected chi connectivity index (χ1v) is 10.9. The van der Waals surface area contributed by atoms with Crippen LogP contribution in [0.5, 0.6) is 0 Å². The lowest BCUT2D eigenvalue weighted by atomic mass is 10.0. The Kier molecular flexibility index (Phi) is 5.36. The summed E-state index contributed by atoms with van der Waals surface area (Å²) < 4.78 is 41.0. The Labute approximate surface area is 181 Å². The van der Waals surface area contributed by atoms with Crippen molar-refractivity contribution in [1.29, 1.82) is 0 Å². The molecule has 0 saturated heterocycles. The van der Waals surface area contributed by atoms with Crippen molar-refractivity contribution in [3.05, 3.63) is 93.8 Å². The van der Waals surface area contributed by atoms with Gasteiger partial charge in [0.1, 0.15) is 5.82 Å². The van der Waals surface area contributed by atoms with E-state index in [1.54, 1.807) is 18.2 Å². The van der Waals surface area contributed by atoms with E-state index in [-0.39, 0.29) is 26.9 Å². The van der Waals surface area contributed by atoms with Gasteiger partial charge in [-0.3, -0.25) is 4.79 Å². The van der Waals surface area contributed by atoms with Gasteiger partial charge in [0, 0.05) is 16.8 Å². The van der Waals surface area contributed by atoms with Gasteiger partial charge in [-0.1, -0.05) is 47.5 Å². The van der Waals surface area contributed by atoms with Crippen molar-refractivity contribution in [1.82, 2.24) is 9.19 Å². The Morgan fingerprint density at radius 1 is 1.03 bits per heavy atom. The number of carbonyl (C=O) groups is 1. The average molecular weight is 463 g/mol. The van der Waals surface area contributed by atoms with Crippen molar-refractivity contribution >= 4 is 49.9 Å². The molecule has 0 bridgehead atoms. The van der Waals surface area contributed by atoms with Crippen molar-refractivity contribution in [3.63, 3.8) is 0 Å². The van der Waals surface area contributed by atoms with Gasteiger partial charge in [0.25, 0.3) is 10.0 Å². The third kappa shape index (κ3) is 3.71.